The van der Waals surface area contributed by atoms with Crippen molar-refractivity contribution in [1.82, 2.24) is 9.78 Å². The van der Waals surface area contributed by atoms with Crippen LogP contribution in [-0.2, 0) is 21.1 Å². The minimum Gasteiger partial charge on any atom is -0.505 e. The molecule has 100 valence electrons. The summed E-state index contributed by atoms with van der Waals surface area (Å²) < 4.78 is 15.8. The number of hydrogen-bond acceptors (Lipinski definition) is 2. The van der Waals surface area contributed by atoms with Crippen LogP contribution in [0.25, 0.3) is 16.6 Å². The standard InChI is InChI=1S/C13H8BrFN2O.Pt/c14-9-1-3-10(4-2-9)17-7-8-5-13(18)11(15)6-12(8)16-17;/h1-7,18H;. The maximum Gasteiger partial charge on any atom is 0.167 e. The van der Waals surface area contributed by atoms with Gasteiger partial charge in [0.1, 0.15) is 0 Å². The Morgan fingerprint density at radius 1 is 1.16 bits per heavy atom. The molecule has 0 radical (unpaired) electrons. The fraction of sp³-hybridized carbons (Fsp3) is 0. The van der Waals surface area contributed by atoms with E-state index in [0.29, 0.717) is 10.9 Å². The Morgan fingerprint density at radius 3 is 2.53 bits per heavy atom. The third-order valence-corrected chi connectivity index (χ3v) is 3.19. The smallest absolute Gasteiger partial charge is 0.167 e. The van der Waals surface area contributed by atoms with Gasteiger partial charge in [-0.1, -0.05) is 15.9 Å². The van der Waals surface area contributed by atoms with Crippen LogP contribution in [0.1, 0.15) is 0 Å². The summed E-state index contributed by atoms with van der Waals surface area (Å²) >= 11 is 3.36. The third kappa shape index (κ3) is 2.72. The van der Waals surface area contributed by atoms with Gasteiger partial charge in [-0.05, 0) is 30.3 Å². The normalized spacial score (nSPS) is 10.4. The van der Waals surface area contributed by atoms with E-state index in [2.05, 4.69) is 21.0 Å². The Kier molecular flexibility index (Phi) is 4.07. The summed E-state index contributed by atoms with van der Waals surface area (Å²) in [6.45, 7) is 0. The van der Waals surface area contributed by atoms with E-state index in [9.17, 15) is 9.50 Å². The van der Waals surface area contributed by atoms with Crippen LogP contribution in [0.15, 0.2) is 47.1 Å². The first-order valence-electron chi connectivity index (χ1n) is 5.27. The summed E-state index contributed by atoms with van der Waals surface area (Å²) in [6, 6.07) is 10.2. The van der Waals surface area contributed by atoms with Crippen LogP contribution in [0.5, 0.6) is 5.75 Å². The minimum atomic E-state index is -0.663. The Morgan fingerprint density at radius 2 is 1.84 bits per heavy atom. The van der Waals surface area contributed by atoms with E-state index in [1.807, 2.05) is 24.3 Å². The fourth-order valence-electron chi connectivity index (χ4n) is 1.76. The minimum absolute atomic E-state index is 0. The number of aromatic hydroxyl groups is 1. The molecule has 0 fully saturated rings. The molecule has 1 aromatic heterocycles. The summed E-state index contributed by atoms with van der Waals surface area (Å²) in [5, 5.41) is 14.3. The molecule has 19 heavy (non-hydrogen) atoms. The Hall–Kier alpha value is -1.19. The maximum atomic E-state index is 13.2. The van der Waals surface area contributed by atoms with Crippen molar-refractivity contribution in [3.05, 3.63) is 52.9 Å². The van der Waals surface area contributed by atoms with Gasteiger partial charge < -0.3 is 5.11 Å². The molecular weight excluding hydrogens is 494 g/mol. The molecular formula is C13H8BrFN2OPt. The largest absolute Gasteiger partial charge is 0.505 e. The van der Waals surface area contributed by atoms with Gasteiger partial charge in [0, 0.05) is 43.2 Å². The number of halogens is 2. The molecule has 1 heterocycles. The first-order chi connectivity index (χ1) is 8.63. The average Bonchev–Trinajstić information content (AvgIpc) is 2.73. The Bertz CT molecular complexity index is 688. The quantitative estimate of drug-likeness (QED) is 0.553. The molecule has 2 aromatic carbocycles. The number of hydrogen-bond donors (Lipinski definition) is 1. The molecule has 0 saturated carbocycles. The van der Waals surface area contributed by atoms with Gasteiger partial charge in [-0.15, -0.1) is 0 Å². The van der Waals surface area contributed by atoms with Crippen LogP contribution in [0.3, 0.4) is 0 Å². The van der Waals surface area contributed by atoms with Gasteiger partial charge in [-0.2, -0.15) is 5.10 Å². The SMILES string of the molecule is Oc1cc2cn(-c3ccc(Br)cc3)nc2cc1F.[Pt]. The molecule has 0 aliphatic carbocycles. The number of nitrogens with zero attached hydrogens (tertiary/aromatic N) is 2. The summed E-state index contributed by atoms with van der Waals surface area (Å²) in [5.41, 5.74) is 1.38. The second kappa shape index (κ2) is 5.43. The second-order valence-electron chi connectivity index (χ2n) is 3.91. The van der Waals surface area contributed by atoms with Crippen LogP contribution in [0.4, 0.5) is 4.39 Å². The van der Waals surface area contributed by atoms with E-state index in [1.54, 1.807) is 10.9 Å². The summed E-state index contributed by atoms with van der Waals surface area (Å²) in [7, 11) is 0. The van der Waals surface area contributed by atoms with Crippen LogP contribution in [0, 0.1) is 5.82 Å². The van der Waals surface area contributed by atoms with Crippen LogP contribution >= 0.6 is 15.9 Å². The van der Waals surface area contributed by atoms with Crippen molar-refractivity contribution in [3.63, 3.8) is 0 Å². The molecule has 0 atom stereocenters. The topological polar surface area (TPSA) is 38.0 Å². The number of benzene rings is 2. The van der Waals surface area contributed by atoms with Crippen molar-refractivity contribution in [1.29, 1.82) is 0 Å². The predicted molar refractivity (Wildman–Crippen MR) is 70.4 cm³/mol. The molecule has 1 N–H and O–H groups in total. The first kappa shape index (κ1) is 14.2. The number of fused-ring (bicyclic) bond motifs is 1. The van der Waals surface area contributed by atoms with Gasteiger partial charge in [0.25, 0.3) is 0 Å². The van der Waals surface area contributed by atoms with Gasteiger partial charge in [0.15, 0.2) is 11.6 Å². The predicted octanol–water partition coefficient (Wildman–Crippen LogP) is 3.63. The van der Waals surface area contributed by atoms with E-state index in [4.69, 9.17) is 0 Å². The number of phenolic OH excluding ortho intramolecular Hbond substituents is 1. The van der Waals surface area contributed by atoms with Crippen molar-refractivity contribution >= 4 is 26.8 Å². The summed E-state index contributed by atoms with van der Waals surface area (Å²) in [4.78, 5) is 0. The molecule has 0 aliphatic rings. The third-order valence-electron chi connectivity index (χ3n) is 2.66. The van der Waals surface area contributed by atoms with E-state index in [-0.39, 0.29) is 26.8 Å². The molecule has 0 aliphatic heterocycles. The van der Waals surface area contributed by atoms with Gasteiger partial charge in [-0.25, -0.2) is 9.07 Å². The zero-order chi connectivity index (χ0) is 12.7. The van der Waals surface area contributed by atoms with E-state index in [0.717, 1.165) is 10.2 Å². The van der Waals surface area contributed by atoms with Crippen molar-refractivity contribution in [2.24, 2.45) is 0 Å². The zero-order valence-corrected chi connectivity index (χ0v) is 13.3. The van der Waals surface area contributed by atoms with E-state index >= 15 is 0 Å². The number of phenols is 1. The maximum absolute atomic E-state index is 13.2. The molecule has 0 bridgehead atoms. The van der Waals surface area contributed by atoms with Gasteiger partial charge >= 0.3 is 0 Å². The number of rotatable bonds is 1. The monoisotopic (exact) mass is 501 g/mol. The molecule has 6 heteroatoms. The summed E-state index contributed by atoms with van der Waals surface area (Å²) in [5.74, 6) is -1.03. The molecule has 3 aromatic rings. The van der Waals surface area contributed by atoms with Crippen molar-refractivity contribution in [2.75, 3.05) is 0 Å². The summed E-state index contributed by atoms with van der Waals surface area (Å²) in [6.07, 6.45) is 1.75. The first-order valence-corrected chi connectivity index (χ1v) is 6.06. The molecule has 3 nitrogen and oxygen atoms in total. The Balaban J connectivity index is 0.00000133. The molecule has 3 rings (SSSR count). The van der Waals surface area contributed by atoms with Gasteiger partial charge in [-0.3, -0.25) is 0 Å². The molecule has 0 spiro atoms. The molecule has 0 saturated heterocycles. The Labute approximate surface area is 131 Å². The van der Waals surface area contributed by atoms with E-state index in [1.165, 1.54) is 12.1 Å². The van der Waals surface area contributed by atoms with Crippen molar-refractivity contribution in [2.45, 2.75) is 0 Å². The fourth-order valence-corrected chi connectivity index (χ4v) is 2.02. The van der Waals surface area contributed by atoms with Crippen molar-refractivity contribution in [3.8, 4) is 11.4 Å². The van der Waals surface area contributed by atoms with Crippen LogP contribution in [0.2, 0.25) is 0 Å². The molecule has 0 unspecified atom stereocenters. The van der Waals surface area contributed by atoms with Crippen LogP contribution in [-0.4, -0.2) is 14.9 Å². The number of aromatic nitrogens is 2. The average molecular weight is 502 g/mol. The molecule has 0 amide bonds. The van der Waals surface area contributed by atoms with Gasteiger partial charge in [0.05, 0.1) is 11.2 Å². The van der Waals surface area contributed by atoms with E-state index < -0.39 is 5.82 Å². The van der Waals surface area contributed by atoms with Crippen LogP contribution < -0.4 is 0 Å². The zero-order valence-electron chi connectivity index (χ0n) is 9.46. The van der Waals surface area contributed by atoms with Crippen molar-refractivity contribution < 1.29 is 30.6 Å². The second-order valence-corrected chi connectivity index (χ2v) is 4.83. The van der Waals surface area contributed by atoms with Gasteiger partial charge in [0.2, 0.25) is 0 Å².